The molecule has 0 saturated heterocycles. The van der Waals surface area contributed by atoms with Gasteiger partial charge in [0.1, 0.15) is 5.82 Å². The van der Waals surface area contributed by atoms with Crippen molar-refractivity contribution in [3.05, 3.63) is 33.1 Å². The fourth-order valence-corrected chi connectivity index (χ4v) is 3.09. The Kier molecular flexibility index (Phi) is 4.19. The molecule has 1 aliphatic carbocycles. The summed E-state index contributed by atoms with van der Waals surface area (Å²) in [5.74, 6) is 0.593. The predicted molar refractivity (Wildman–Crippen MR) is 72.9 cm³/mol. The maximum atomic E-state index is 13.1. The molecule has 0 heterocycles. The number of hydrogen-bond acceptors (Lipinski definition) is 1. The summed E-state index contributed by atoms with van der Waals surface area (Å²) in [6.07, 6.45) is 3.93. The van der Waals surface area contributed by atoms with Crippen LogP contribution in [0.25, 0.3) is 0 Å². The number of nitrogens with one attached hydrogen (secondary N) is 1. The molecule has 0 bridgehead atoms. The maximum absolute atomic E-state index is 13.1. The van der Waals surface area contributed by atoms with E-state index in [4.69, 9.17) is 0 Å². The number of hydrogen-bond donors (Lipinski definition) is 1. The largest absolute Gasteiger partial charge is 0.310 e. The molecular formula is C13H17FIN. The topological polar surface area (TPSA) is 12.0 Å². The van der Waals surface area contributed by atoms with Crippen LogP contribution in [-0.4, -0.2) is 6.54 Å². The minimum atomic E-state index is -0.142. The van der Waals surface area contributed by atoms with E-state index in [1.165, 1.54) is 24.8 Å². The lowest BCUT2D eigenvalue weighted by molar-refractivity contribution is 0.232. The highest BCUT2D eigenvalue weighted by Crippen LogP contribution is 2.39. The molecule has 0 amide bonds. The third kappa shape index (κ3) is 2.56. The Morgan fingerprint density at radius 3 is 2.75 bits per heavy atom. The van der Waals surface area contributed by atoms with E-state index >= 15 is 0 Å². The van der Waals surface area contributed by atoms with Crippen LogP contribution >= 0.6 is 22.6 Å². The van der Waals surface area contributed by atoms with E-state index in [0.717, 1.165) is 16.0 Å². The standard InChI is InChI=1S/C13H17FIN/c1-2-16-13(9-4-3-5-9)11-7-6-10(14)8-12(11)15/h6-9,13,16H,2-5H2,1H3. The van der Waals surface area contributed by atoms with Crippen LogP contribution in [0.3, 0.4) is 0 Å². The Hall–Kier alpha value is -0.160. The zero-order valence-electron chi connectivity index (χ0n) is 9.47. The van der Waals surface area contributed by atoms with Crippen molar-refractivity contribution in [2.45, 2.75) is 32.2 Å². The van der Waals surface area contributed by atoms with Gasteiger partial charge in [-0.05, 0) is 65.6 Å². The average Bonchev–Trinajstić information content (AvgIpc) is 2.14. The molecule has 16 heavy (non-hydrogen) atoms. The van der Waals surface area contributed by atoms with Crippen LogP contribution in [0.5, 0.6) is 0 Å². The maximum Gasteiger partial charge on any atom is 0.124 e. The molecule has 1 nitrogen and oxygen atoms in total. The van der Waals surface area contributed by atoms with E-state index in [0.29, 0.717) is 6.04 Å². The van der Waals surface area contributed by atoms with Gasteiger partial charge in [0.15, 0.2) is 0 Å². The van der Waals surface area contributed by atoms with Crippen molar-refractivity contribution in [1.82, 2.24) is 5.32 Å². The van der Waals surface area contributed by atoms with Gasteiger partial charge in [-0.25, -0.2) is 4.39 Å². The minimum absolute atomic E-state index is 0.142. The van der Waals surface area contributed by atoms with Crippen molar-refractivity contribution in [2.75, 3.05) is 6.54 Å². The van der Waals surface area contributed by atoms with Crippen LogP contribution in [0.1, 0.15) is 37.8 Å². The van der Waals surface area contributed by atoms with Crippen LogP contribution in [0.2, 0.25) is 0 Å². The molecule has 1 saturated carbocycles. The van der Waals surface area contributed by atoms with Crippen molar-refractivity contribution < 1.29 is 4.39 Å². The van der Waals surface area contributed by atoms with Gasteiger partial charge in [0.25, 0.3) is 0 Å². The Morgan fingerprint density at radius 1 is 1.50 bits per heavy atom. The van der Waals surface area contributed by atoms with Gasteiger partial charge >= 0.3 is 0 Å². The normalized spacial score (nSPS) is 18.2. The van der Waals surface area contributed by atoms with Crippen LogP contribution in [0.15, 0.2) is 18.2 Å². The highest BCUT2D eigenvalue weighted by Gasteiger charge is 2.28. The first-order valence-electron chi connectivity index (χ1n) is 5.90. The Bertz CT molecular complexity index is 363. The molecule has 0 aromatic heterocycles. The van der Waals surface area contributed by atoms with E-state index in [1.807, 2.05) is 6.07 Å². The Labute approximate surface area is 110 Å². The second-order valence-corrected chi connectivity index (χ2v) is 5.55. The Balaban J connectivity index is 2.23. The molecule has 1 unspecified atom stereocenters. The van der Waals surface area contributed by atoms with Crippen molar-refractivity contribution in [3.63, 3.8) is 0 Å². The second-order valence-electron chi connectivity index (χ2n) is 4.39. The number of benzene rings is 1. The summed E-state index contributed by atoms with van der Waals surface area (Å²) in [7, 11) is 0. The van der Waals surface area contributed by atoms with Gasteiger partial charge in [0, 0.05) is 9.61 Å². The van der Waals surface area contributed by atoms with Gasteiger partial charge in [-0.2, -0.15) is 0 Å². The molecule has 1 fully saturated rings. The van der Waals surface area contributed by atoms with Gasteiger partial charge in [-0.15, -0.1) is 0 Å². The average molecular weight is 333 g/mol. The SMILES string of the molecule is CCNC(c1ccc(F)cc1I)C1CCC1. The van der Waals surface area contributed by atoms with Crippen molar-refractivity contribution in [1.29, 1.82) is 0 Å². The molecule has 0 radical (unpaired) electrons. The van der Waals surface area contributed by atoms with E-state index in [-0.39, 0.29) is 5.82 Å². The van der Waals surface area contributed by atoms with Gasteiger partial charge in [0.2, 0.25) is 0 Å². The Morgan fingerprint density at radius 2 is 2.25 bits per heavy atom. The lowest BCUT2D eigenvalue weighted by atomic mass is 9.77. The molecule has 0 aliphatic heterocycles. The van der Waals surface area contributed by atoms with Crippen LogP contribution < -0.4 is 5.32 Å². The van der Waals surface area contributed by atoms with E-state index in [2.05, 4.69) is 34.8 Å². The first-order valence-corrected chi connectivity index (χ1v) is 6.98. The molecular weight excluding hydrogens is 316 g/mol. The summed E-state index contributed by atoms with van der Waals surface area (Å²) >= 11 is 2.23. The predicted octanol–water partition coefficient (Wildman–Crippen LogP) is 3.88. The fourth-order valence-electron chi connectivity index (χ4n) is 2.28. The lowest BCUT2D eigenvalue weighted by Gasteiger charge is -2.35. The van der Waals surface area contributed by atoms with E-state index in [9.17, 15) is 4.39 Å². The lowest BCUT2D eigenvalue weighted by Crippen LogP contribution is -2.32. The van der Waals surface area contributed by atoms with Crippen LogP contribution in [0, 0.1) is 15.3 Å². The third-order valence-corrected chi connectivity index (χ3v) is 4.28. The van der Waals surface area contributed by atoms with Crippen molar-refractivity contribution in [2.24, 2.45) is 5.92 Å². The summed E-state index contributed by atoms with van der Waals surface area (Å²) in [5.41, 5.74) is 1.26. The minimum Gasteiger partial charge on any atom is -0.310 e. The molecule has 3 heteroatoms. The van der Waals surface area contributed by atoms with Gasteiger partial charge in [-0.3, -0.25) is 0 Å². The van der Waals surface area contributed by atoms with E-state index < -0.39 is 0 Å². The highest BCUT2D eigenvalue weighted by molar-refractivity contribution is 14.1. The second kappa shape index (κ2) is 5.45. The monoisotopic (exact) mass is 333 g/mol. The molecule has 1 aromatic rings. The van der Waals surface area contributed by atoms with Crippen LogP contribution in [0.4, 0.5) is 4.39 Å². The molecule has 1 N–H and O–H groups in total. The highest BCUT2D eigenvalue weighted by atomic mass is 127. The first-order chi connectivity index (χ1) is 7.72. The molecule has 88 valence electrons. The smallest absolute Gasteiger partial charge is 0.124 e. The van der Waals surface area contributed by atoms with E-state index in [1.54, 1.807) is 12.1 Å². The molecule has 2 rings (SSSR count). The van der Waals surface area contributed by atoms with Gasteiger partial charge < -0.3 is 5.32 Å². The first kappa shape index (κ1) is 12.3. The molecule has 1 aliphatic rings. The zero-order chi connectivity index (χ0) is 11.5. The van der Waals surface area contributed by atoms with Crippen molar-refractivity contribution >= 4 is 22.6 Å². The number of rotatable bonds is 4. The fraction of sp³-hybridized carbons (Fsp3) is 0.538. The molecule has 1 atom stereocenters. The van der Waals surface area contributed by atoms with Crippen LogP contribution in [-0.2, 0) is 0 Å². The summed E-state index contributed by atoms with van der Waals surface area (Å²) < 4.78 is 14.1. The van der Waals surface area contributed by atoms with Gasteiger partial charge in [0.05, 0.1) is 0 Å². The summed E-state index contributed by atoms with van der Waals surface area (Å²) in [6.45, 7) is 3.09. The summed E-state index contributed by atoms with van der Waals surface area (Å²) in [4.78, 5) is 0. The number of halogens is 2. The molecule has 0 spiro atoms. The zero-order valence-corrected chi connectivity index (χ0v) is 11.6. The summed E-state index contributed by atoms with van der Waals surface area (Å²) in [5, 5.41) is 3.53. The van der Waals surface area contributed by atoms with Gasteiger partial charge in [-0.1, -0.05) is 19.4 Å². The quantitative estimate of drug-likeness (QED) is 0.825. The summed E-state index contributed by atoms with van der Waals surface area (Å²) in [6, 6.07) is 5.54. The van der Waals surface area contributed by atoms with Crippen molar-refractivity contribution in [3.8, 4) is 0 Å². The molecule has 1 aromatic carbocycles. The third-order valence-electron chi connectivity index (χ3n) is 3.34.